The van der Waals surface area contributed by atoms with Crippen LogP contribution in [0.4, 0.5) is 5.69 Å². The Morgan fingerprint density at radius 1 is 1.03 bits per heavy atom. The van der Waals surface area contributed by atoms with Gasteiger partial charge in [-0.15, -0.1) is 11.3 Å². The molecule has 0 aliphatic carbocycles. The third-order valence-corrected chi connectivity index (χ3v) is 7.09. The zero-order valence-corrected chi connectivity index (χ0v) is 19.1. The minimum atomic E-state index is -3.69. The average Bonchev–Trinajstić information content (AvgIpc) is 3.32. The summed E-state index contributed by atoms with van der Waals surface area (Å²) >= 11 is 1.49. The SMILES string of the molecule is CCN(CCCNC(=O)c1cccc(S(=O)(=O)NCc2cccs2)c1)c1ccccc1. The number of carbonyl (C=O) groups excluding carboxylic acids is 1. The van der Waals surface area contributed by atoms with Gasteiger partial charge in [0.25, 0.3) is 5.91 Å². The average molecular weight is 458 g/mol. The summed E-state index contributed by atoms with van der Waals surface area (Å²) in [5.41, 5.74) is 1.48. The molecule has 0 fully saturated rings. The summed E-state index contributed by atoms with van der Waals surface area (Å²) in [5, 5.41) is 4.78. The van der Waals surface area contributed by atoms with E-state index in [0.29, 0.717) is 12.1 Å². The van der Waals surface area contributed by atoms with Crippen molar-refractivity contribution < 1.29 is 13.2 Å². The van der Waals surface area contributed by atoms with Gasteiger partial charge in [-0.3, -0.25) is 4.79 Å². The van der Waals surface area contributed by atoms with Crippen LogP contribution in [0, 0.1) is 0 Å². The molecular weight excluding hydrogens is 430 g/mol. The lowest BCUT2D eigenvalue weighted by Crippen LogP contribution is -2.30. The van der Waals surface area contributed by atoms with E-state index in [9.17, 15) is 13.2 Å². The fourth-order valence-electron chi connectivity index (χ4n) is 3.15. The highest BCUT2D eigenvalue weighted by Crippen LogP contribution is 2.15. The van der Waals surface area contributed by atoms with E-state index in [-0.39, 0.29) is 17.3 Å². The van der Waals surface area contributed by atoms with E-state index in [2.05, 4.69) is 34.0 Å². The summed E-state index contributed by atoms with van der Waals surface area (Å²) in [6, 6.07) is 20.0. The minimum Gasteiger partial charge on any atom is -0.372 e. The lowest BCUT2D eigenvalue weighted by Gasteiger charge is -2.23. The Labute approximate surface area is 188 Å². The van der Waals surface area contributed by atoms with Crippen molar-refractivity contribution in [1.29, 1.82) is 0 Å². The van der Waals surface area contributed by atoms with Gasteiger partial charge in [-0.1, -0.05) is 30.3 Å². The van der Waals surface area contributed by atoms with Crippen molar-refractivity contribution in [3.63, 3.8) is 0 Å². The molecule has 0 aliphatic rings. The van der Waals surface area contributed by atoms with Crippen LogP contribution in [0.15, 0.2) is 77.0 Å². The number of nitrogens with one attached hydrogen (secondary N) is 2. The highest BCUT2D eigenvalue weighted by Gasteiger charge is 2.16. The predicted molar refractivity (Wildman–Crippen MR) is 126 cm³/mol. The van der Waals surface area contributed by atoms with Gasteiger partial charge in [-0.05, 0) is 55.1 Å². The zero-order chi connectivity index (χ0) is 22.1. The molecule has 0 atom stereocenters. The van der Waals surface area contributed by atoms with Crippen LogP contribution in [0.3, 0.4) is 0 Å². The molecule has 3 aromatic rings. The molecule has 1 aromatic heterocycles. The van der Waals surface area contributed by atoms with Gasteiger partial charge in [0.1, 0.15) is 0 Å². The van der Waals surface area contributed by atoms with Gasteiger partial charge < -0.3 is 10.2 Å². The quantitative estimate of drug-likeness (QED) is 0.429. The van der Waals surface area contributed by atoms with Gasteiger partial charge in [0.2, 0.25) is 10.0 Å². The molecule has 2 aromatic carbocycles. The van der Waals surface area contributed by atoms with E-state index < -0.39 is 10.0 Å². The maximum absolute atomic E-state index is 12.6. The summed E-state index contributed by atoms with van der Waals surface area (Å²) in [6.45, 7) is 4.55. The van der Waals surface area contributed by atoms with Gasteiger partial charge >= 0.3 is 0 Å². The van der Waals surface area contributed by atoms with Gasteiger partial charge in [0.05, 0.1) is 4.90 Å². The first-order valence-corrected chi connectivity index (χ1v) is 12.6. The Hall–Kier alpha value is -2.68. The fraction of sp³-hybridized carbons (Fsp3) is 0.261. The van der Waals surface area contributed by atoms with Crippen molar-refractivity contribution in [1.82, 2.24) is 10.0 Å². The predicted octanol–water partition coefficient (Wildman–Crippen LogP) is 3.87. The summed E-state index contributed by atoms with van der Waals surface area (Å²) in [6.07, 6.45) is 0.787. The Kier molecular flexibility index (Phi) is 8.22. The first kappa shape index (κ1) is 23.0. The molecule has 0 saturated carbocycles. The van der Waals surface area contributed by atoms with Crippen molar-refractivity contribution >= 4 is 33.0 Å². The topological polar surface area (TPSA) is 78.5 Å². The molecule has 0 bridgehead atoms. The van der Waals surface area contributed by atoms with E-state index >= 15 is 0 Å². The van der Waals surface area contributed by atoms with Crippen LogP contribution in [-0.2, 0) is 16.6 Å². The monoisotopic (exact) mass is 457 g/mol. The van der Waals surface area contributed by atoms with Crippen LogP contribution < -0.4 is 14.9 Å². The second kappa shape index (κ2) is 11.1. The Balaban J connectivity index is 1.52. The molecule has 3 rings (SSSR count). The molecule has 164 valence electrons. The highest BCUT2D eigenvalue weighted by molar-refractivity contribution is 7.89. The van der Waals surface area contributed by atoms with Crippen LogP contribution in [0.5, 0.6) is 0 Å². The van der Waals surface area contributed by atoms with Crippen LogP contribution in [0.1, 0.15) is 28.6 Å². The molecule has 0 radical (unpaired) electrons. The summed E-state index contributed by atoms with van der Waals surface area (Å²) in [4.78, 5) is 15.8. The maximum atomic E-state index is 12.6. The number of benzene rings is 2. The number of thiophene rings is 1. The normalized spacial score (nSPS) is 11.3. The molecule has 0 spiro atoms. The Bertz CT molecular complexity index is 1070. The molecule has 8 heteroatoms. The molecule has 2 N–H and O–H groups in total. The lowest BCUT2D eigenvalue weighted by atomic mass is 10.2. The number of carbonyl (C=O) groups is 1. The van der Waals surface area contributed by atoms with Crippen molar-refractivity contribution in [2.45, 2.75) is 24.8 Å². The van der Waals surface area contributed by atoms with Gasteiger partial charge in [0, 0.05) is 42.3 Å². The third kappa shape index (κ3) is 6.65. The smallest absolute Gasteiger partial charge is 0.251 e. The molecule has 31 heavy (non-hydrogen) atoms. The first-order valence-electron chi connectivity index (χ1n) is 10.2. The lowest BCUT2D eigenvalue weighted by molar-refractivity contribution is 0.0953. The second-order valence-corrected chi connectivity index (χ2v) is 9.76. The maximum Gasteiger partial charge on any atom is 0.251 e. The van der Waals surface area contributed by atoms with Crippen molar-refractivity contribution in [3.8, 4) is 0 Å². The van der Waals surface area contributed by atoms with Crippen LogP contribution in [0.25, 0.3) is 0 Å². The first-order chi connectivity index (χ1) is 15.0. The van der Waals surface area contributed by atoms with Crippen molar-refractivity contribution in [3.05, 3.63) is 82.6 Å². The number of hydrogen-bond donors (Lipinski definition) is 2. The minimum absolute atomic E-state index is 0.0814. The van der Waals surface area contributed by atoms with Gasteiger partial charge in [-0.25, -0.2) is 13.1 Å². The van der Waals surface area contributed by atoms with Crippen molar-refractivity contribution in [2.24, 2.45) is 0 Å². The van der Waals surface area contributed by atoms with Crippen LogP contribution >= 0.6 is 11.3 Å². The number of sulfonamides is 1. The Morgan fingerprint density at radius 2 is 1.84 bits per heavy atom. The molecular formula is C23H27N3O3S2. The number of anilines is 1. The van der Waals surface area contributed by atoms with E-state index in [4.69, 9.17) is 0 Å². The van der Waals surface area contributed by atoms with Gasteiger partial charge in [0.15, 0.2) is 0 Å². The summed E-state index contributed by atoms with van der Waals surface area (Å²) in [5.74, 6) is -0.280. The molecule has 0 saturated heterocycles. The standard InChI is InChI=1S/C23H27N3O3S2/c1-2-26(20-10-4-3-5-11-20)15-8-14-24-23(27)19-9-6-13-22(17-19)31(28,29)25-18-21-12-7-16-30-21/h3-7,9-13,16-17,25H,2,8,14-15,18H2,1H3,(H,24,27). The van der Waals surface area contributed by atoms with E-state index in [0.717, 1.165) is 30.1 Å². The van der Waals surface area contributed by atoms with E-state index in [1.165, 1.54) is 23.5 Å². The molecule has 0 unspecified atom stereocenters. The van der Waals surface area contributed by atoms with Crippen LogP contribution in [-0.4, -0.2) is 34.0 Å². The number of para-hydroxylation sites is 1. The number of rotatable bonds is 11. The van der Waals surface area contributed by atoms with E-state index in [1.807, 2.05) is 35.7 Å². The molecule has 0 aliphatic heterocycles. The molecule has 1 amide bonds. The van der Waals surface area contributed by atoms with Gasteiger partial charge in [-0.2, -0.15) is 0 Å². The molecule has 6 nitrogen and oxygen atoms in total. The molecule has 1 heterocycles. The number of nitrogens with zero attached hydrogens (tertiary/aromatic N) is 1. The zero-order valence-electron chi connectivity index (χ0n) is 17.5. The summed E-state index contributed by atoms with van der Waals surface area (Å²) < 4.78 is 27.7. The third-order valence-electron chi connectivity index (χ3n) is 4.82. The number of hydrogen-bond acceptors (Lipinski definition) is 5. The van der Waals surface area contributed by atoms with Crippen molar-refractivity contribution in [2.75, 3.05) is 24.5 Å². The van der Waals surface area contributed by atoms with Crippen LogP contribution in [0.2, 0.25) is 0 Å². The van der Waals surface area contributed by atoms with E-state index in [1.54, 1.807) is 12.1 Å². The largest absolute Gasteiger partial charge is 0.372 e. The summed E-state index contributed by atoms with van der Waals surface area (Å²) in [7, 11) is -3.69. The second-order valence-electron chi connectivity index (χ2n) is 6.96. The fourth-order valence-corrected chi connectivity index (χ4v) is 4.94. The number of amides is 1. The Morgan fingerprint density at radius 3 is 2.55 bits per heavy atom. The highest BCUT2D eigenvalue weighted by atomic mass is 32.2.